The van der Waals surface area contributed by atoms with E-state index in [1.807, 2.05) is 12.1 Å². The van der Waals surface area contributed by atoms with Crippen molar-refractivity contribution < 1.29 is 8.42 Å². The zero-order valence-electron chi connectivity index (χ0n) is 10.9. The maximum Gasteiger partial charge on any atom is 0.242 e. The molecule has 0 bridgehead atoms. The first kappa shape index (κ1) is 14.7. The molecule has 5 nitrogen and oxygen atoms in total. The van der Waals surface area contributed by atoms with E-state index in [1.54, 1.807) is 30.3 Å². The summed E-state index contributed by atoms with van der Waals surface area (Å²) in [5, 5.41) is 18.0. The number of hydrogen-bond acceptors (Lipinski definition) is 4. The molecule has 2 aromatic rings. The van der Waals surface area contributed by atoms with Crippen molar-refractivity contribution in [1.29, 1.82) is 10.5 Å². The average molecular weight is 297 g/mol. The third-order valence-corrected chi connectivity index (χ3v) is 4.23. The molecule has 0 aliphatic carbocycles. The minimum atomic E-state index is -3.88. The zero-order chi connectivity index (χ0) is 15.3. The molecule has 0 aliphatic rings. The summed E-state index contributed by atoms with van der Waals surface area (Å²) < 4.78 is 26.9. The number of nitrogens with zero attached hydrogens (tertiary/aromatic N) is 2. The number of benzene rings is 2. The molecule has 2 rings (SSSR count). The summed E-state index contributed by atoms with van der Waals surface area (Å²) in [6.45, 7) is 0. The van der Waals surface area contributed by atoms with Crippen molar-refractivity contribution in [3.63, 3.8) is 0 Å². The maximum atomic E-state index is 12.3. The Balaban J connectivity index is 2.32. The normalized spacial score (nSPS) is 12.1. The second-order valence-corrected chi connectivity index (χ2v) is 5.95. The number of rotatable bonds is 4. The Kier molecular flexibility index (Phi) is 4.34. The molecule has 1 unspecified atom stereocenters. The van der Waals surface area contributed by atoms with Gasteiger partial charge in [0.1, 0.15) is 6.04 Å². The van der Waals surface area contributed by atoms with E-state index in [0.717, 1.165) is 0 Å². The van der Waals surface area contributed by atoms with Gasteiger partial charge in [-0.2, -0.15) is 15.2 Å². The van der Waals surface area contributed by atoms with Crippen LogP contribution in [0.4, 0.5) is 0 Å². The highest BCUT2D eigenvalue weighted by Crippen LogP contribution is 2.17. The molecule has 0 amide bonds. The Hall–Kier alpha value is -2.67. The quantitative estimate of drug-likeness (QED) is 0.935. The van der Waals surface area contributed by atoms with Crippen LogP contribution in [-0.2, 0) is 10.0 Å². The number of nitriles is 2. The Morgan fingerprint density at radius 2 is 1.71 bits per heavy atom. The van der Waals surface area contributed by atoms with Gasteiger partial charge >= 0.3 is 0 Å². The molecule has 0 saturated carbocycles. The summed E-state index contributed by atoms with van der Waals surface area (Å²) in [6.07, 6.45) is 0. The Morgan fingerprint density at radius 3 is 2.33 bits per heavy atom. The van der Waals surface area contributed by atoms with E-state index >= 15 is 0 Å². The highest BCUT2D eigenvalue weighted by Gasteiger charge is 2.21. The molecule has 0 saturated heterocycles. The molecule has 0 fully saturated rings. The van der Waals surface area contributed by atoms with Crippen molar-refractivity contribution in [2.75, 3.05) is 0 Å². The highest BCUT2D eigenvalue weighted by atomic mass is 32.2. The second kappa shape index (κ2) is 6.19. The lowest BCUT2D eigenvalue weighted by molar-refractivity contribution is 0.575. The summed E-state index contributed by atoms with van der Waals surface area (Å²) in [4.78, 5) is -0.0438. The molecule has 0 spiro atoms. The summed E-state index contributed by atoms with van der Waals surface area (Å²) in [6, 6.07) is 17.0. The first-order valence-corrected chi connectivity index (χ1v) is 7.52. The van der Waals surface area contributed by atoms with Crippen LogP contribution in [-0.4, -0.2) is 8.42 Å². The second-order valence-electron chi connectivity index (χ2n) is 4.23. The van der Waals surface area contributed by atoms with E-state index < -0.39 is 16.1 Å². The van der Waals surface area contributed by atoms with Gasteiger partial charge in [0, 0.05) is 0 Å². The number of hydrogen-bond donors (Lipinski definition) is 1. The molecule has 104 valence electrons. The molecule has 2 aromatic carbocycles. The Bertz CT molecular complexity index is 818. The summed E-state index contributed by atoms with van der Waals surface area (Å²) in [5.41, 5.74) is 0.797. The number of nitrogens with one attached hydrogen (secondary N) is 1. The van der Waals surface area contributed by atoms with Crippen molar-refractivity contribution in [3.8, 4) is 12.1 Å². The van der Waals surface area contributed by atoms with Crippen molar-refractivity contribution in [2.45, 2.75) is 10.9 Å². The molecule has 0 heterocycles. The van der Waals surface area contributed by atoms with E-state index in [0.29, 0.717) is 5.56 Å². The molecular weight excluding hydrogens is 286 g/mol. The van der Waals surface area contributed by atoms with Crippen LogP contribution in [0.2, 0.25) is 0 Å². The smallest absolute Gasteiger partial charge is 0.207 e. The molecular formula is C15H11N3O2S. The minimum Gasteiger partial charge on any atom is -0.207 e. The fourth-order valence-electron chi connectivity index (χ4n) is 1.77. The molecule has 0 aliphatic heterocycles. The fraction of sp³-hybridized carbons (Fsp3) is 0.0667. The lowest BCUT2D eigenvalue weighted by atomic mass is 10.1. The van der Waals surface area contributed by atoms with Gasteiger partial charge in [0.05, 0.1) is 22.6 Å². The van der Waals surface area contributed by atoms with Crippen molar-refractivity contribution in [1.82, 2.24) is 4.72 Å². The third-order valence-electron chi connectivity index (χ3n) is 2.81. The van der Waals surface area contributed by atoms with E-state index in [1.165, 1.54) is 24.3 Å². The lowest BCUT2D eigenvalue weighted by Gasteiger charge is -2.12. The van der Waals surface area contributed by atoms with Gasteiger partial charge in [0.25, 0.3) is 0 Å². The van der Waals surface area contributed by atoms with Crippen LogP contribution in [0, 0.1) is 22.7 Å². The zero-order valence-corrected chi connectivity index (χ0v) is 11.7. The maximum absolute atomic E-state index is 12.3. The van der Waals surface area contributed by atoms with Crippen molar-refractivity contribution in [2.24, 2.45) is 0 Å². The van der Waals surface area contributed by atoms with E-state index in [9.17, 15) is 8.42 Å². The first-order chi connectivity index (χ1) is 10.1. The number of sulfonamides is 1. The molecule has 6 heteroatoms. The van der Waals surface area contributed by atoms with Gasteiger partial charge in [-0.3, -0.25) is 0 Å². The van der Waals surface area contributed by atoms with Crippen LogP contribution in [0.3, 0.4) is 0 Å². The Labute approximate surface area is 123 Å². The van der Waals surface area contributed by atoms with Crippen molar-refractivity contribution >= 4 is 10.0 Å². The van der Waals surface area contributed by atoms with Crippen LogP contribution >= 0.6 is 0 Å². The summed E-state index contributed by atoms with van der Waals surface area (Å²) in [5.74, 6) is 0. The molecule has 1 N–H and O–H groups in total. The minimum absolute atomic E-state index is 0.0438. The van der Waals surface area contributed by atoms with Crippen LogP contribution < -0.4 is 4.72 Å². The predicted octanol–water partition coefficient (Wildman–Crippen LogP) is 2.10. The van der Waals surface area contributed by atoms with Gasteiger partial charge in [-0.1, -0.05) is 36.4 Å². The van der Waals surface area contributed by atoms with Crippen LogP contribution in [0.15, 0.2) is 59.5 Å². The molecule has 1 atom stereocenters. The van der Waals surface area contributed by atoms with Gasteiger partial charge in [-0.05, 0) is 23.8 Å². The molecule has 0 radical (unpaired) electrons. The Morgan fingerprint density at radius 1 is 1.00 bits per heavy atom. The van der Waals surface area contributed by atoms with Gasteiger partial charge < -0.3 is 0 Å². The summed E-state index contributed by atoms with van der Waals surface area (Å²) >= 11 is 0. The average Bonchev–Trinajstić information content (AvgIpc) is 2.53. The standard InChI is InChI=1S/C15H11N3O2S/c16-10-12-5-4-8-14(9-12)21(19,20)18-15(11-17)13-6-2-1-3-7-13/h1-9,15,18H. The van der Waals surface area contributed by atoms with Gasteiger partial charge in [-0.15, -0.1) is 0 Å². The summed E-state index contributed by atoms with van der Waals surface area (Å²) in [7, 11) is -3.88. The topological polar surface area (TPSA) is 93.8 Å². The van der Waals surface area contributed by atoms with E-state index in [-0.39, 0.29) is 10.5 Å². The van der Waals surface area contributed by atoms with Crippen LogP contribution in [0.1, 0.15) is 17.2 Å². The van der Waals surface area contributed by atoms with Gasteiger partial charge in [0.2, 0.25) is 10.0 Å². The van der Waals surface area contributed by atoms with E-state index in [2.05, 4.69) is 4.72 Å². The third kappa shape index (κ3) is 3.46. The fourth-order valence-corrected chi connectivity index (χ4v) is 2.95. The predicted molar refractivity (Wildman–Crippen MR) is 76.3 cm³/mol. The van der Waals surface area contributed by atoms with Gasteiger partial charge in [0.15, 0.2) is 0 Å². The van der Waals surface area contributed by atoms with E-state index in [4.69, 9.17) is 10.5 Å². The highest BCUT2D eigenvalue weighted by molar-refractivity contribution is 7.89. The lowest BCUT2D eigenvalue weighted by Crippen LogP contribution is -2.27. The SMILES string of the molecule is N#Cc1cccc(S(=O)(=O)NC(C#N)c2ccccc2)c1. The van der Waals surface area contributed by atoms with Crippen molar-refractivity contribution in [3.05, 3.63) is 65.7 Å². The molecule has 0 aromatic heterocycles. The van der Waals surface area contributed by atoms with Crippen LogP contribution in [0.5, 0.6) is 0 Å². The monoisotopic (exact) mass is 297 g/mol. The molecule has 21 heavy (non-hydrogen) atoms. The largest absolute Gasteiger partial charge is 0.242 e. The first-order valence-electron chi connectivity index (χ1n) is 6.04. The van der Waals surface area contributed by atoms with Crippen LogP contribution in [0.25, 0.3) is 0 Å². The van der Waals surface area contributed by atoms with Gasteiger partial charge in [-0.25, -0.2) is 8.42 Å².